The highest BCUT2D eigenvalue weighted by atomic mass is 35.5. The van der Waals surface area contributed by atoms with Crippen LogP contribution in [0.5, 0.6) is 0 Å². The summed E-state index contributed by atoms with van der Waals surface area (Å²) < 4.78 is 9.73. The van der Waals surface area contributed by atoms with E-state index in [0.717, 1.165) is 6.26 Å². The first-order chi connectivity index (χ1) is 9.12. The number of halogens is 1. The van der Waals surface area contributed by atoms with Gasteiger partial charge in [0.2, 0.25) is 11.6 Å². The number of oxime groups is 1. The summed E-state index contributed by atoms with van der Waals surface area (Å²) in [7, 11) is 1.27. The van der Waals surface area contributed by atoms with Crippen molar-refractivity contribution in [3.8, 4) is 0 Å². The van der Waals surface area contributed by atoms with Crippen molar-refractivity contribution < 1.29 is 23.6 Å². The molecule has 19 heavy (non-hydrogen) atoms. The molecule has 0 aromatic carbocycles. The van der Waals surface area contributed by atoms with Crippen molar-refractivity contribution >= 4 is 35.2 Å². The molecule has 1 aromatic rings. The molecule has 0 aliphatic carbocycles. The molecule has 0 spiro atoms. The fraction of sp³-hybridized carbons (Fsp3) is 0.400. The number of ether oxygens (including phenoxy) is 1. The number of alkyl halides is 1. The third-order valence-electron chi connectivity index (χ3n) is 1.77. The molecular weight excluding hydrogens is 278 g/mol. The van der Waals surface area contributed by atoms with Gasteiger partial charge in [-0.25, -0.2) is 4.79 Å². The molecule has 104 valence electrons. The number of carbonyl (C=O) groups excluding carboxylic acids is 2. The first-order valence-corrected chi connectivity index (χ1v) is 5.75. The zero-order valence-corrected chi connectivity index (χ0v) is 11.1. The molecule has 0 atom stereocenters. The standard InChI is InChI=1S/C10H12ClN3O5/c1-3-18-9(16)8(14-17-2)6-5-19-10(12-6)13-7(15)4-11/h5H,3-4H2,1-2H3,(H,12,13,15). The molecule has 0 aliphatic rings. The second-order valence-electron chi connectivity index (χ2n) is 3.06. The topological polar surface area (TPSA) is 103 Å². The highest BCUT2D eigenvalue weighted by Crippen LogP contribution is 2.10. The van der Waals surface area contributed by atoms with Crippen LogP contribution in [0.4, 0.5) is 6.01 Å². The number of oxazole rings is 1. The third kappa shape index (κ3) is 4.25. The van der Waals surface area contributed by atoms with Gasteiger partial charge in [-0.15, -0.1) is 11.6 Å². The van der Waals surface area contributed by atoms with Crippen LogP contribution in [0.3, 0.4) is 0 Å². The zero-order chi connectivity index (χ0) is 14.3. The molecule has 0 aliphatic heterocycles. The van der Waals surface area contributed by atoms with E-state index >= 15 is 0 Å². The highest BCUT2D eigenvalue weighted by molar-refractivity contribution is 6.42. The summed E-state index contributed by atoms with van der Waals surface area (Å²) in [5.74, 6) is -1.45. The lowest BCUT2D eigenvalue weighted by Crippen LogP contribution is -2.20. The van der Waals surface area contributed by atoms with Gasteiger partial charge in [-0.3, -0.25) is 10.1 Å². The Hall–Kier alpha value is -2.09. The minimum Gasteiger partial charge on any atom is -0.461 e. The zero-order valence-electron chi connectivity index (χ0n) is 10.3. The van der Waals surface area contributed by atoms with Gasteiger partial charge in [0, 0.05) is 0 Å². The largest absolute Gasteiger partial charge is 0.461 e. The predicted octanol–water partition coefficient (Wildman–Crippen LogP) is 0.765. The minimum atomic E-state index is -0.715. The molecule has 1 rings (SSSR count). The molecular formula is C10H12ClN3O5. The van der Waals surface area contributed by atoms with Gasteiger partial charge in [-0.2, -0.15) is 4.98 Å². The van der Waals surface area contributed by atoms with E-state index in [2.05, 4.69) is 20.3 Å². The van der Waals surface area contributed by atoms with Gasteiger partial charge in [0.05, 0.1) is 6.61 Å². The SMILES string of the molecule is CCOC(=O)C(=NOC)c1coc(NC(=O)CCl)n1. The Kier molecular flexibility index (Phi) is 5.80. The number of carbonyl (C=O) groups is 2. The number of amides is 1. The van der Waals surface area contributed by atoms with Crippen molar-refractivity contribution in [3.05, 3.63) is 12.0 Å². The molecule has 1 N–H and O–H groups in total. The lowest BCUT2D eigenvalue weighted by Gasteiger charge is -2.01. The van der Waals surface area contributed by atoms with Crippen molar-refractivity contribution in [1.82, 2.24) is 4.98 Å². The maximum Gasteiger partial charge on any atom is 0.362 e. The molecule has 0 saturated heterocycles. The maximum atomic E-state index is 11.6. The van der Waals surface area contributed by atoms with Gasteiger partial charge in [0.1, 0.15) is 24.9 Å². The van der Waals surface area contributed by atoms with E-state index in [1.165, 1.54) is 7.11 Å². The van der Waals surface area contributed by atoms with Crippen molar-refractivity contribution in [2.45, 2.75) is 6.92 Å². The second-order valence-corrected chi connectivity index (χ2v) is 3.33. The quantitative estimate of drug-likeness (QED) is 0.359. The van der Waals surface area contributed by atoms with Gasteiger partial charge in [-0.1, -0.05) is 5.16 Å². The number of hydrogen-bond acceptors (Lipinski definition) is 7. The normalized spacial score (nSPS) is 11.0. The summed E-state index contributed by atoms with van der Waals surface area (Å²) in [5.41, 5.74) is -0.0929. The summed E-state index contributed by atoms with van der Waals surface area (Å²) in [6, 6.07) is -0.103. The van der Waals surface area contributed by atoms with Crippen LogP contribution in [0.15, 0.2) is 15.8 Å². The summed E-state index contributed by atoms with van der Waals surface area (Å²) in [4.78, 5) is 31.0. The van der Waals surface area contributed by atoms with E-state index in [9.17, 15) is 9.59 Å². The number of esters is 1. The number of aromatic nitrogens is 1. The van der Waals surface area contributed by atoms with Crippen molar-refractivity contribution in [2.24, 2.45) is 5.16 Å². The van der Waals surface area contributed by atoms with Crippen molar-refractivity contribution in [1.29, 1.82) is 0 Å². The molecule has 1 heterocycles. The van der Waals surface area contributed by atoms with Gasteiger partial charge >= 0.3 is 12.0 Å². The number of rotatable bonds is 6. The molecule has 1 aromatic heterocycles. The number of anilines is 1. The summed E-state index contributed by atoms with van der Waals surface area (Å²) in [6.45, 7) is 1.83. The van der Waals surface area contributed by atoms with Crippen LogP contribution in [-0.4, -0.2) is 42.2 Å². The van der Waals surface area contributed by atoms with Crippen LogP contribution in [0, 0.1) is 0 Å². The smallest absolute Gasteiger partial charge is 0.362 e. The molecule has 8 nitrogen and oxygen atoms in total. The van der Waals surface area contributed by atoms with E-state index in [-0.39, 0.29) is 29.9 Å². The first-order valence-electron chi connectivity index (χ1n) is 5.22. The average Bonchev–Trinajstić information content (AvgIpc) is 2.84. The van der Waals surface area contributed by atoms with E-state index < -0.39 is 11.9 Å². The Morgan fingerprint density at radius 1 is 1.58 bits per heavy atom. The summed E-state index contributed by atoms with van der Waals surface area (Å²) in [6.07, 6.45) is 1.14. The lowest BCUT2D eigenvalue weighted by atomic mass is 10.3. The van der Waals surface area contributed by atoms with E-state index in [4.69, 9.17) is 20.8 Å². The monoisotopic (exact) mass is 289 g/mol. The lowest BCUT2D eigenvalue weighted by molar-refractivity contribution is -0.135. The van der Waals surface area contributed by atoms with Crippen LogP contribution in [0.1, 0.15) is 12.6 Å². The fourth-order valence-electron chi connectivity index (χ4n) is 1.07. The Labute approximate surface area is 113 Å². The van der Waals surface area contributed by atoms with Crippen LogP contribution in [-0.2, 0) is 19.2 Å². The Morgan fingerprint density at radius 2 is 2.32 bits per heavy atom. The van der Waals surface area contributed by atoms with Crippen LogP contribution < -0.4 is 5.32 Å². The average molecular weight is 290 g/mol. The molecule has 0 bridgehead atoms. The fourth-order valence-corrected chi connectivity index (χ4v) is 1.14. The van der Waals surface area contributed by atoms with Gasteiger partial charge in [0.25, 0.3) is 0 Å². The molecule has 0 unspecified atom stereocenters. The van der Waals surface area contributed by atoms with Gasteiger partial charge in [0.15, 0.2) is 0 Å². The first kappa shape index (κ1) is 15.0. The van der Waals surface area contributed by atoms with Crippen LogP contribution >= 0.6 is 11.6 Å². The van der Waals surface area contributed by atoms with Gasteiger partial charge < -0.3 is 14.0 Å². The third-order valence-corrected chi connectivity index (χ3v) is 2.01. The predicted molar refractivity (Wildman–Crippen MR) is 66.0 cm³/mol. The number of hydrogen-bond donors (Lipinski definition) is 1. The Balaban J connectivity index is 2.90. The summed E-state index contributed by atoms with van der Waals surface area (Å²) in [5, 5.41) is 5.79. The molecule has 9 heteroatoms. The minimum absolute atomic E-state index is 0.0742. The maximum absolute atomic E-state index is 11.6. The molecule has 0 radical (unpaired) electrons. The van der Waals surface area contributed by atoms with Crippen molar-refractivity contribution in [2.75, 3.05) is 24.9 Å². The molecule has 1 amide bonds. The summed E-state index contributed by atoms with van der Waals surface area (Å²) >= 11 is 5.31. The van der Waals surface area contributed by atoms with Crippen LogP contribution in [0.2, 0.25) is 0 Å². The second kappa shape index (κ2) is 7.37. The van der Waals surface area contributed by atoms with Crippen LogP contribution in [0.25, 0.3) is 0 Å². The van der Waals surface area contributed by atoms with Gasteiger partial charge in [-0.05, 0) is 6.92 Å². The molecule has 0 saturated carbocycles. The highest BCUT2D eigenvalue weighted by Gasteiger charge is 2.21. The van der Waals surface area contributed by atoms with E-state index in [0.29, 0.717) is 0 Å². The van der Waals surface area contributed by atoms with E-state index in [1.54, 1.807) is 6.92 Å². The Morgan fingerprint density at radius 3 is 2.89 bits per heavy atom. The number of nitrogens with one attached hydrogen (secondary N) is 1. The molecule has 0 fully saturated rings. The Bertz CT molecular complexity index is 485. The van der Waals surface area contributed by atoms with E-state index in [1.807, 2.05) is 0 Å². The van der Waals surface area contributed by atoms with Crippen molar-refractivity contribution in [3.63, 3.8) is 0 Å². The number of nitrogens with zero attached hydrogens (tertiary/aromatic N) is 2.